The molecule has 1 aliphatic heterocycles. The Morgan fingerprint density at radius 3 is 2.42 bits per heavy atom. The summed E-state index contributed by atoms with van der Waals surface area (Å²) >= 11 is 0. The second-order valence-corrected chi connectivity index (χ2v) is 7.56. The van der Waals surface area contributed by atoms with Crippen LogP contribution in [0.3, 0.4) is 0 Å². The minimum Gasteiger partial charge on any atom is -0.317 e. The van der Waals surface area contributed by atoms with Crippen molar-refractivity contribution in [3.8, 4) is 0 Å². The zero-order valence-electron chi connectivity index (χ0n) is 14.1. The van der Waals surface area contributed by atoms with E-state index in [-0.39, 0.29) is 0 Å². The highest BCUT2D eigenvalue weighted by Crippen LogP contribution is 2.34. The standard InChI is InChI=1S/C17H36N2/c1-7-18-13-14(2)15(3)19-11-8-9-16(10-12-19)17(4,5)6/h14-16,18H,7-13H2,1-6H3. The first-order chi connectivity index (χ1) is 8.86. The van der Waals surface area contributed by atoms with Gasteiger partial charge >= 0.3 is 0 Å². The third-order valence-corrected chi connectivity index (χ3v) is 5.10. The molecule has 3 atom stereocenters. The highest BCUT2D eigenvalue weighted by Gasteiger charge is 2.29. The van der Waals surface area contributed by atoms with E-state index in [2.05, 4.69) is 51.8 Å². The number of nitrogens with one attached hydrogen (secondary N) is 1. The molecule has 0 bridgehead atoms. The van der Waals surface area contributed by atoms with Gasteiger partial charge in [-0.25, -0.2) is 0 Å². The largest absolute Gasteiger partial charge is 0.317 e. The summed E-state index contributed by atoms with van der Waals surface area (Å²) in [7, 11) is 0. The first-order valence-corrected chi connectivity index (χ1v) is 8.31. The normalized spacial score (nSPS) is 25.9. The average molecular weight is 268 g/mol. The van der Waals surface area contributed by atoms with Crippen LogP contribution in [0, 0.1) is 17.3 Å². The van der Waals surface area contributed by atoms with Crippen molar-refractivity contribution >= 4 is 0 Å². The Labute approximate surface area is 121 Å². The van der Waals surface area contributed by atoms with Gasteiger partial charge in [0.2, 0.25) is 0 Å². The average Bonchev–Trinajstić information content (AvgIpc) is 2.60. The van der Waals surface area contributed by atoms with Crippen LogP contribution in [-0.2, 0) is 0 Å². The van der Waals surface area contributed by atoms with E-state index >= 15 is 0 Å². The molecule has 2 heteroatoms. The van der Waals surface area contributed by atoms with E-state index in [0.717, 1.165) is 24.9 Å². The topological polar surface area (TPSA) is 15.3 Å². The lowest BCUT2D eigenvalue weighted by molar-refractivity contribution is 0.154. The predicted octanol–water partition coefficient (Wildman–Crippen LogP) is 3.77. The predicted molar refractivity (Wildman–Crippen MR) is 85.5 cm³/mol. The molecule has 0 aliphatic carbocycles. The molecule has 19 heavy (non-hydrogen) atoms. The number of hydrogen-bond acceptors (Lipinski definition) is 2. The highest BCUT2D eigenvalue weighted by molar-refractivity contribution is 4.82. The third-order valence-electron chi connectivity index (χ3n) is 5.10. The Bertz CT molecular complexity index is 244. The first kappa shape index (κ1) is 17.0. The zero-order chi connectivity index (χ0) is 14.5. The SMILES string of the molecule is CCNCC(C)C(C)N1CCCC(C(C)(C)C)CC1. The van der Waals surface area contributed by atoms with E-state index in [1.165, 1.54) is 32.4 Å². The molecule has 1 N–H and O–H groups in total. The van der Waals surface area contributed by atoms with Gasteiger partial charge < -0.3 is 10.2 Å². The summed E-state index contributed by atoms with van der Waals surface area (Å²) in [5.41, 5.74) is 0.481. The van der Waals surface area contributed by atoms with Gasteiger partial charge in [0.15, 0.2) is 0 Å². The molecule has 0 spiro atoms. The van der Waals surface area contributed by atoms with Gasteiger partial charge in [0.25, 0.3) is 0 Å². The smallest absolute Gasteiger partial charge is 0.0105 e. The number of hydrogen-bond donors (Lipinski definition) is 1. The molecule has 2 nitrogen and oxygen atoms in total. The van der Waals surface area contributed by atoms with Crippen molar-refractivity contribution in [3.63, 3.8) is 0 Å². The van der Waals surface area contributed by atoms with Crippen LogP contribution in [0.1, 0.15) is 60.8 Å². The van der Waals surface area contributed by atoms with Crippen LogP contribution in [-0.4, -0.2) is 37.1 Å². The van der Waals surface area contributed by atoms with Gasteiger partial charge in [-0.05, 0) is 69.6 Å². The Kier molecular flexibility index (Phi) is 6.82. The van der Waals surface area contributed by atoms with Crippen molar-refractivity contribution in [1.82, 2.24) is 10.2 Å². The minimum atomic E-state index is 0.481. The molecule has 0 aromatic carbocycles. The van der Waals surface area contributed by atoms with Gasteiger partial charge in [-0.15, -0.1) is 0 Å². The molecule has 1 heterocycles. The monoisotopic (exact) mass is 268 g/mol. The van der Waals surface area contributed by atoms with Crippen molar-refractivity contribution < 1.29 is 0 Å². The molecule has 1 rings (SSSR count). The fourth-order valence-corrected chi connectivity index (χ4v) is 3.29. The Hall–Kier alpha value is -0.0800. The van der Waals surface area contributed by atoms with Gasteiger partial charge in [-0.2, -0.15) is 0 Å². The van der Waals surface area contributed by atoms with E-state index in [1.807, 2.05) is 0 Å². The number of nitrogens with zero attached hydrogens (tertiary/aromatic N) is 1. The lowest BCUT2D eigenvalue weighted by atomic mass is 9.77. The second-order valence-electron chi connectivity index (χ2n) is 7.56. The molecular weight excluding hydrogens is 232 g/mol. The van der Waals surface area contributed by atoms with Crippen LogP contribution in [0.4, 0.5) is 0 Å². The summed E-state index contributed by atoms with van der Waals surface area (Å²) in [6, 6.07) is 0.706. The highest BCUT2D eigenvalue weighted by atomic mass is 15.2. The van der Waals surface area contributed by atoms with Crippen molar-refractivity contribution in [2.24, 2.45) is 17.3 Å². The van der Waals surface area contributed by atoms with Crippen molar-refractivity contribution in [2.45, 2.75) is 66.8 Å². The van der Waals surface area contributed by atoms with E-state index in [0.29, 0.717) is 11.5 Å². The van der Waals surface area contributed by atoms with Crippen LogP contribution in [0.15, 0.2) is 0 Å². The molecule has 0 aromatic heterocycles. The molecule has 1 fully saturated rings. The maximum absolute atomic E-state index is 3.49. The number of likely N-dealkylation sites (tertiary alicyclic amines) is 1. The van der Waals surface area contributed by atoms with Crippen LogP contribution in [0.25, 0.3) is 0 Å². The molecule has 0 saturated carbocycles. The van der Waals surface area contributed by atoms with E-state index < -0.39 is 0 Å². The summed E-state index contributed by atoms with van der Waals surface area (Å²) in [5.74, 6) is 1.64. The van der Waals surface area contributed by atoms with Crippen LogP contribution < -0.4 is 5.32 Å². The van der Waals surface area contributed by atoms with E-state index in [9.17, 15) is 0 Å². The van der Waals surface area contributed by atoms with Crippen LogP contribution in [0.2, 0.25) is 0 Å². The summed E-state index contributed by atoms with van der Waals surface area (Å²) in [6.45, 7) is 19.0. The summed E-state index contributed by atoms with van der Waals surface area (Å²) in [5, 5.41) is 3.49. The van der Waals surface area contributed by atoms with Crippen molar-refractivity contribution in [1.29, 1.82) is 0 Å². The molecule has 0 aromatic rings. The van der Waals surface area contributed by atoms with Gasteiger partial charge in [0.1, 0.15) is 0 Å². The lowest BCUT2D eigenvalue weighted by Crippen LogP contribution is -2.42. The maximum atomic E-state index is 3.49. The summed E-state index contributed by atoms with van der Waals surface area (Å²) < 4.78 is 0. The number of rotatable bonds is 5. The van der Waals surface area contributed by atoms with E-state index in [4.69, 9.17) is 0 Å². The minimum absolute atomic E-state index is 0.481. The molecule has 0 amide bonds. The van der Waals surface area contributed by atoms with Gasteiger partial charge in [0, 0.05) is 6.04 Å². The fraction of sp³-hybridized carbons (Fsp3) is 1.00. The van der Waals surface area contributed by atoms with Gasteiger partial charge in [0.05, 0.1) is 0 Å². The second kappa shape index (κ2) is 7.64. The van der Waals surface area contributed by atoms with Crippen LogP contribution in [0.5, 0.6) is 0 Å². The zero-order valence-corrected chi connectivity index (χ0v) is 14.1. The van der Waals surface area contributed by atoms with Gasteiger partial charge in [-0.3, -0.25) is 0 Å². The lowest BCUT2D eigenvalue weighted by Gasteiger charge is -2.33. The van der Waals surface area contributed by atoms with Crippen LogP contribution >= 0.6 is 0 Å². The Morgan fingerprint density at radius 1 is 1.16 bits per heavy atom. The molecule has 1 saturated heterocycles. The summed E-state index contributed by atoms with van der Waals surface area (Å²) in [4.78, 5) is 2.73. The quantitative estimate of drug-likeness (QED) is 0.816. The van der Waals surface area contributed by atoms with E-state index in [1.54, 1.807) is 0 Å². The van der Waals surface area contributed by atoms with Crippen molar-refractivity contribution in [2.75, 3.05) is 26.2 Å². The molecular formula is C17H36N2. The molecule has 3 unspecified atom stereocenters. The summed E-state index contributed by atoms with van der Waals surface area (Å²) in [6.07, 6.45) is 4.16. The molecule has 1 aliphatic rings. The Balaban J connectivity index is 2.47. The third kappa shape index (κ3) is 5.43. The maximum Gasteiger partial charge on any atom is 0.0105 e. The molecule has 0 radical (unpaired) electrons. The first-order valence-electron chi connectivity index (χ1n) is 8.31. The van der Waals surface area contributed by atoms with Gasteiger partial charge in [-0.1, -0.05) is 34.6 Å². The molecule has 114 valence electrons. The fourth-order valence-electron chi connectivity index (χ4n) is 3.29. The van der Waals surface area contributed by atoms with Crippen molar-refractivity contribution in [3.05, 3.63) is 0 Å². The Morgan fingerprint density at radius 2 is 1.84 bits per heavy atom.